The van der Waals surface area contributed by atoms with E-state index in [0.717, 1.165) is 20.6 Å². The van der Waals surface area contributed by atoms with Crippen molar-refractivity contribution in [1.82, 2.24) is 14.3 Å². The Kier molecular flexibility index (Phi) is 5.40. The highest BCUT2D eigenvalue weighted by Crippen LogP contribution is 2.22. The smallest absolute Gasteiger partial charge is 0.346 e. The van der Waals surface area contributed by atoms with Crippen LogP contribution in [-0.4, -0.2) is 42.1 Å². The Morgan fingerprint density at radius 2 is 1.92 bits per heavy atom. The van der Waals surface area contributed by atoms with Gasteiger partial charge in [0.05, 0.1) is 33.3 Å². The Labute approximate surface area is 140 Å². The number of hydrogen-bond acceptors (Lipinski definition) is 5. The molecule has 2 N–H and O–H groups in total. The first-order chi connectivity index (χ1) is 11.4. The zero-order valence-electron chi connectivity index (χ0n) is 14.7. The highest BCUT2D eigenvalue weighted by atomic mass is 16.5. The Morgan fingerprint density at radius 3 is 2.54 bits per heavy atom. The number of nitrogens with one attached hydrogen (secondary N) is 2. The third kappa shape index (κ3) is 3.48. The molecule has 1 heterocycles. The number of quaternary nitrogens is 1. The predicted octanol–water partition coefficient (Wildman–Crippen LogP) is -1.21. The molecule has 0 spiro atoms. The molecule has 0 saturated carbocycles. The number of aryl methyl sites for hydroxylation is 1. The minimum absolute atomic E-state index is 0.0462. The molecular weight excluding hydrogens is 310 g/mol. The zero-order chi connectivity index (χ0) is 17.9. The van der Waals surface area contributed by atoms with Gasteiger partial charge in [-0.05, 0) is 12.1 Å². The van der Waals surface area contributed by atoms with E-state index in [1.165, 1.54) is 19.0 Å². The van der Waals surface area contributed by atoms with E-state index in [9.17, 15) is 9.59 Å². The van der Waals surface area contributed by atoms with Crippen LogP contribution in [0.5, 0.6) is 5.75 Å². The van der Waals surface area contributed by atoms with Gasteiger partial charge in [-0.1, -0.05) is 12.1 Å². The van der Waals surface area contributed by atoms with Gasteiger partial charge in [0.25, 0.3) is 5.56 Å². The molecule has 0 fully saturated rings. The van der Waals surface area contributed by atoms with Crippen molar-refractivity contribution in [3.05, 3.63) is 50.7 Å². The van der Waals surface area contributed by atoms with E-state index in [1.807, 2.05) is 38.4 Å². The van der Waals surface area contributed by atoms with Crippen LogP contribution in [0.2, 0.25) is 0 Å². The maximum Gasteiger partial charge on any atom is 0.346 e. The number of benzene rings is 1. The number of hydrogen-bond donors (Lipinski definition) is 2. The lowest BCUT2D eigenvalue weighted by molar-refractivity contribution is -0.890. The van der Waals surface area contributed by atoms with Crippen molar-refractivity contribution >= 4 is 5.82 Å². The standard InChI is InChI=1S/C16H23N5O3/c1-19(2)12(11-8-6-7-9-13(11)24-5)10-17-14-15(22)20(3)16(23)21(4)18-14/h6-9,12H,10H2,1-5H3,(H,17,18)/p+1/t12-/m0/s1. The number of para-hydroxylation sites is 1. The van der Waals surface area contributed by atoms with E-state index in [2.05, 4.69) is 10.4 Å². The molecule has 0 aliphatic heterocycles. The molecule has 1 aromatic carbocycles. The summed E-state index contributed by atoms with van der Waals surface area (Å²) in [5, 5.41) is 7.09. The number of likely N-dealkylation sites (N-methyl/N-ethyl adjacent to an activating group) is 1. The van der Waals surface area contributed by atoms with Crippen LogP contribution in [-0.2, 0) is 14.1 Å². The van der Waals surface area contributed by atoms with Crippen LogP contribution in [0.1, 0.15) is 11.6 Å². The first-order valence-corrected chi connectivity index (χ1v) is 7.68. The van der Waals surface area contributed by atoms with Crippen LogP contribution in [0.4, 0.5) is 5.82 Å². The van der Waals surface area contributed by atoms with E-state index < -0.39 is 11.2 Å². The molecule has 24 heavy (non-hydrogen) atoms. The van der Waals surface area contributed by atoms with Gasteiger partial charge in [-0.2, -0.15) is 0 Å². The minimum Gasteiger partial charge on any atom is -0.496 e. The van der Waals surface area contributed by atoms with Crippen molar-refractivity contribution < 1.29 is 9.64 Å². The molecular formula is C16H24N5O3+. The summed E-state index contributed by atoms with van der Waals surface area (Å²) in [5.41, 5.74) is 0.143. The summed E-state index contributed by atoms with van der Waals surface area (Å²) >= 11 is 0. The number of rotatable bonds is 6. The lowest BCUT2D eigenvalue weighted by Gasteiger charge is -2.24. The summed E-state index contributed by atoms with van der Waals surface area (Å²) in [6.45, 7) is 0.475. The van der Waals surface area contributed by atoms with E-state index in [1.54, 1.807) is 7.11 Å². The number of nitrogens with zero attached hydrogens (tertiary/aromatic N) is 3. The second kappa shape index (κ2) is 7.31. The number of methoxy groups -OCH3 is 1. The fourth-order valence-corrected chi connectivity index (χ4v) is 2.59. The molecule has 130 valence electrons. The fourth-order valence-electron chi connectivity index (χ4n) is 2.59. The van der Waals surface area contributed by atoms with Gasteiger partial charge in [-0.15, -0.1) is 5.10 Å². The van der Waals surface area contributed by atoms with Crippen LogP contribution in [0, 0.1) is 0 Å². The third-order valence-electron chi connectivity index (χ3n) is 4.01. The van der Waals surface area contributed by atoms with Crippen molar-refractivity contribution in [3.8, 4) is 5.75 Å². The van der Waals surface area contributed by atoms with Crippen molar-refractivity contribution in [2.75, 3.05) is 33.1 Å². The van der Waals surface area contributed by atoms with Gasteiger partial charge < -0.3 is 15.0 Å². The highest BCUT2D eigenvalue weighted by Gasteiger charge is 2.22. The Hall–Kier alpha value is -2.61. The molecule has 1 atom stereocenters. The van der Waals surface area contributed by atoms with Gasteiger partial charge in [0.1, 0.15) is 11.8 Å². The van der Waals surface area contributed by atoms with Crippen molar-refractivity contribution in [1.29, 1.82) is 0 Å². The Morgan fingerprint density at radius 1 is 1.25 bits per heavy atom. The highest BCUT2D eigenvalue weighted by molar-refractivity contribution is 5.37. The molecule has 0 unspecified atom stereocenters. The average molecular weight is 334 g/mol. The van der Waals surface area contributed by atoms with E-state index in [4.69, 9.17) is 4.74 Å². The van der Waals surface area contributed by atoms with Crippen LogP contribution in [0.15, 0.2) is 33.9 Å². The van der Waals surface area contributed by atoms with Gasteiger partial charge in [-0.25, -0.2) is 9.48 Å². The lowest BCUT2D eigenvalue weighted by atomic mass is 10.0. The molecule has 2 rings (SSSR count). The van der Waals surface area contributed by atoms with Gasteiger partial charge in [0.2, 0.25) is 5.82 Å². The number of ether oxygens (including phenoxy) is 1. The third-order valence-corrected chi connectivity index (χ3v) is 4.01. The molecule has 0 radical (unpaired) electrons. The van der Waals surface area contributed by atoms with Crippen molar-refractivity contribution in [2.24, 2.45) is 14.1 Å². The second-order valence-corrected chi connectivity index (χ2v) is 5.87. The largest absolute Gasteiger partial charge is 0.496 e. The molecule has 0 amide bonds. The molecule has 0 saturated heterocycles. The van der Waals surface area contributed by atoms with Gasteiger partial charge in [-0.3, -0.25) is 9.36 Å². The van der Waals surface area contributed by atoms with E-state index in [0.29, 0.717) is 6.54 Å². The number of aromatic nitrogens is 3. The SMILES string of the molecule is COc1ccccc1[C@H](CNc1nn(C)c(=O)n(C)c1=O)[NH+](C)C. The Bertz CT molecular complexity index is 825. The summed E-state index contributed by atoms with van der Waals surface area (Å²) in [6, 6.07) is 7.84. The maximum atomic E-state index is 12.2. The average Bonchev–Trinajstić information content (AvgIpc) is 2.57. The van der Waals surface area contributed by atoms with Crippen LogP contribution < -0.4 is 26.2 Å². The molecule has 0 bridgehead atoms. The summed E-state index contributed by atoms with van der Waals surface area (Å²) < 4.78 is 7.62. The molecule has 8 heteroatoms. The normalized spacial score (nSPS) is 12.2. The van der Waals surface area contributed by atoms with E-state index >= 15 is 0 Å². The van der Waals surface area contributed by atoms with Gasteiger partial charge in [0, 0.05) is 14.1 Å². The number of anilines is 1. The molecule has 0 aliphatic rings. The quantitative estimate of drug-likeness (QED) is 0.692. The minimum atomic E-state index is -0.454. The summed E-state index contributed by atoms with van der Waals surface area (Å²) in [6.07, 6.45) is 0. The van der Waals surface area contributed by atoms with E-state index in [-0.39, 0.29) is 11.9 Å². The summed E-state index contributed by atoms with van der Waals surface area (Å²) in [7, 11) is 8.66. The van der Waals surface area contributed by atoms with Gasteiger partial charge >= 0.3 is 5.69 Å². The van der Waals surface area contributed by atoms with Crippen LogP contribution in [0.3, 0.4) is 0 Å². The first-order valence-electron chi connectivity index (χ1n) is 7.68. The van der Waals surface area contributed by atoms with Gasteiger partial charge in [0.15, 0.2) is 0 Å². The molecule has 0 aliphatic carbocycles. The van der Waals surface area contributed by atoms with Crippen LogP contribution in [0.25, 0.3) is 0 Å². The van der Waals surface area contributed by atoms with Crippen LogP contribution >= 0.6 is 0 Å². The second-order valence-electron chi connectivity index (χ2n) is 5.87. The Balaban J connectivity index is 2.31. The predicted molar refractivity (Wildman–Crippen MR) is 91.8 cm³/mol. The first kappa shape index (κ1) is 17.7. The zero-order valence-corrected chi connectivity index (χ0v) is 14.7. The molecule has 1 aromatic heterocycles. The van der Waals surface area contributed by atoms with Crippen molar-refractivity contribution in [3.63, 3.8) is 0 Å². The monoisotopic (exact) mass is 334 g/mol. The van der Waals surface area contributed by atoms with Crippen molar-refractivity contribution in [2.45, 2.75) is 6.04 Å². The summed E-state index contributed by atoms with van der Waals surface area (Å²) in [4.78, 5) is 25.1. The topological polar surface area (TPSA) is 82.6 Å². The molecule has 8 nitrogen and oxygen atoms in total. The lowest BCUT2D eigenvalue weighted by Crippen LogP contribution is -3.06. The molecule has 2 aromatic rings. The summed E-state index contributed by atoms with van der Waals surface area (Å²) in [5.74, 6) is 0.951. The maximum absolute atomic E-state index is 12.2. The fraction of sp³-hybridized carbons (Fsp3) is 0.438.